The molecule has 0 fully saturated rings. The first kappa shape index (κ1) is 16.2. The van der Waals surface area contributed by atoms with Crippen molar-refractivity contribution < 1.29 is 4.74 Å². The molecule has 1 atom stereocenters. The minimum Gasteiger partial charge on any atom is -0.377 e. The van der Waals surface area contributed by atoms with Gasteiger partial charge < -0.3 is 10.1 Å². The maximum atomic E-state index is 5.90. The Balaban J connectivity index is 2.97. The van der Waals surface area contributed by atoms with Crippen molar-refractivity contribution >= 4 is 0 Å². The minimum absolute atomic E-state index is 0.0711. The first-order chi connectivity index (χ1) is 9.13. The summed E-state index contributed by atoms with van der Waals surface area (Å²) < 4.78 is 5.90. The summed E-state index contributed by atoms with van der Waals surface area (Å²) in [7, 11) is 1.84. The lowest BCUT2D eigenvalue weighted by atomic mass is 9.83. The summed E-state index contributed by atoms with van der Waals surface area (Å²) >= 11 is 0. The van der Waals surface area contributed by atoms with E-state index in [-0.39, 0.29) is 5.60 Å². The van der Waals surface area contributed by atoms with E-state index in [9.17, 15) is 0 Å². The van der Waals surface area contributed by atoms with Gasteiger partial charge in [0.05, 0.1) is 5.60 Å². The topological polar surface area (TPSA) is 21.3 Å². The van der Waals surface area contributed by atoms with Crippen LogP contribution in [-0.4, -0.2) is 25.3 Å². The second-order valence-corrected chi connectivity index (χ2v) is 5.22. The van der Waals surface area contributed by atoms with Crippen molar-refractivity contribution in [1.29, 1.82) is 0 Å². The third-order valence-electron chi connectivity index (χ3n) is 4.37. The van der Waals surface area contributed by atoms with Gasteiger partial charge in [-0.2, -0.15) is 0 Å². The van der Waals surface area contributed by atoms with Gasteiger partial charge in [-0.1, -0.05) is 45.0 Å². The first-order valence-corrected chi connectivity index (χ1v) is 7.46. The van der Waals surface area contributed by atoms with Gasteiger partial charge in [0, 0.05) is 13.2 Å². The summed E-state index contributed by atoms with van der Waals surface area (Å²) in [5.74, 6) is 0. The Kier molecular flexibility index (Phi) is 6.53. The van der Waals surface area contributed by atoms with Gasteiger partial charge in [0.25, 0.3) is 0 Å². The number of rotatable bonds is 8. The van der Waals surface area contributed by atoms with Gasteiger partial charge in [0.2, 0.25) is 0 Å². The van der Waals surface area contributed by atoms with Crippen molar-refractivity contribution in [3.8, 4) is 0 Å². The van der Waals surface area contributed by atoms with Gasteiger partial charge >= 0.3 is 0 Å². The molecule has 19 heavy (non-hydrogen) atoms. The van der Waals surface area contributed by atoms with E-state index in [4.69, 9.17) is 4.74 Å². The molecule has 1 aromatic carbocycles. The van der Waals surface area contributed by atoms with Crippen LogP contribution in [-0.2, 0) is 11.2 Å². The average molecular weight is 263 g/mol. The Labute approximate surface area is 118 Å². The quantitative estimate of drug-likeness (QED) is 0.772. The number of ether oxygens (including phenoxy) is 1. The molecule has 0 aromatic heterocycles. The molecule has 0 amide bonds. The SMILES string of the molecule is CCNC(Cc1ccccc1C)C(CC)(CC)OC. The van der Waals surface area contributed by atoms with Crippen molar-refractivity contribution in [1.82, 2.24) is 5.32 Å². The van der Waals surface area contributed by atoms with Crippen molar-refractivity contribution in [2.45, 2.75) is 58.6 Å². The van der Waals surface area contributed by atoms with Crippen molar-refractivity contribution in [2.75, 3.05) is 13.7 Å². The molecule has 0 saturated carbocycles. The highest BCUT2D eigenvalue weighted by atomic mass is 16.5. The fourth-order valence-electron chi connectivity index (χ4n) is 2.92. The standard InChI is InChI=1S/C17H29NO/c1-6-17(7-2,19-5)16(18-8-3)13-15-12-10-9-11-14(15)4/h9-12,16,18H,6-8,13H2,1-5H3. The van der Waals surface area contributed by atoms with Crippen LogP contribution in [0.1, 0.15) is 44.7 Å². The molecule has 0 heterocycles. The number of methoxy groups -OCH3 is 1. The van der Waals surface area contributed by atoms with Crippen LogP contribution in [0, 0.1) is 6.92 Å². The van der Waals surface area contributed by atoms with Crippen LogP contribution in [0.4, 0.5) is 0 Å². The monoisotopic (exact) mass is 263 g/mol. The molecule has 0 aliphatic carbocycles. The van der Waals surface area contributed by atoms with E-state index in [0.29, 0.717) is 6.04 Å². The number of likely N-dealkylation sites (N-methyl/N-ethyl adjacent to an activating group) is 1. The Morgan fingerprint density at radius 1 is 1.16 bits per heavy atom. The largest absolute Gasteiger partial charge is 0.377 e. The molecule has 108 valence electrons. The predicted octanol–water partition coefficient (Wildman–Crippen LogP) is 3.72. The fraction of sp³-hybridized carbons (Fsp3) is 0.647. The Bertz CT molecular complexity index is 363. The van der Waals surface area contributed by atoms with Crippen molar-refractivity contribution in [2.24, 2.45) is 0 Å². The summed E-state index contributed by atoms with van der Waals surface area (Å²) in [6.45, 7) is 9.76. The molecule has 0 aliphatic rings. The zero-order chi connectivity index (χ0) is 14.3. The fourth-order valence-corrected chi connectivity index (χ4v) is 2.92. The molecular weight excluding hydrogens is 234 g/mol. The number of aryl methyl sites for hydroxylation is 1. The molecule has 0 aliphatic heterocycles. The lowest BCUT2D eigenvalue weighted by Gasteiger charge is -2.39. The van der Waals surface area contributed by atoms with Gasteiger partial charge in [-0.3, -0.25) is 0 Å². The molecule has 1 rings (SSSR count). The third kappa shape index (κ3) is 3.80. The Morgan fingerprint density at radius 3 is 2.26 bits per heavy atom. The molecule has 2 heteroatoms. The molecule has 1 aromatic rings. The highest BCUT2D eigenvalue weighted by Gasteiger charge is 2.35. The molecule has 0 radical (unpaired) electrons. The number of hydrogen-bond donors (Lipinski definition) is 1. The number of benzene rings is 1. The predicted molar refractivity (Wildman–Crippen MR) is 82.7 cm³/mol. The zero-order valence-corrected chi connectivity index (χ0v) is 13.1. The lowest BCUT2D eigenvalue weighted by Crippen LogP contribution is -2.52. The average Bonchev–Trinajstić information content (AvgIpc) is 2.44. The van der Waals surface area contributed by atoms with E-state index in [2.05, 4.69) is 57.3 Å². The normalized spacial score (nSPS) is 13.5. The molecule has 0 bridgehead atoms. The van der Waals surface area contributed by atoms with Crippen LogP contribution in [0.5, 0.6) is 0 Å². The van der Waals surface area contributed by atoms with Gasteiger partial charge in [-0.05, 0) is 43.9 Å². The van der Waals surface area contributed by atoms with E-state index < -0.39 is 0 Å². The van der Waals surface area contributed by atoms with Crippen LogP contribution < -0.4 is 5.32 Å². The van der Waals surface area contributed by atoms with E-state index in [1.807, 2.05) is 7.11 Å². The summed E-state index contributed by atoms with van der Waals surface area (Å²) in [5.41, 5.74) is 2.71. The highest BCUT2D eigenvalue weighted by Crippen LogP contribution is 2.27. The first-order valence-electron chi connectivity index (χ1n) is 7.46. The highest BCUT2D eigenvalue weighted by molar-refractivity contribution is 5.27. The summed E-state index contributed by atoms with van der Waals surface area (Å²) in [4.78, 5) is 0. The minimum atomic E-state index is -0.0711. The van der Waals surface area contributed by atoms with Gasteiger partial charge in [-0.25, -0.2) is 0 Å². The molecule has 1 N–H and O–H groups in total. The van der Waals surface area contributed by atoms with E-state index >= 15 is 0 Å². The second-order valence-electron chi connectivity index (χ2n) is 5.22. The third-order valence-corrected chi connectivity index (χ3v) is 4.37. The number of nitrogens with one attached hydrogen (secondary N) is 1. The van der Waals surface area contributed by atoms with E-state index in [1.54, 1.807) is 0 Å². The van der Waals surface area contributed by atoms with Crippen LogP contribution in [0.2, 0.25) is 0 Å². The maximum absolute atomic E-state index is 5.90. The second kappa shape index (κ2) is 7.66. The van der Waals surface area contributed by atoms with Crippen LogP contribution in [0.25, 0.3) is 0 Å². The summed E-state index contributed by atoms with van der Waals surface area (Å²) in [6, 6.07) is 9.00. The molecule has 0 saturated heterocycles. The van der Waals surface area contributed by atoms with Crippen LogP contribution >= 0.6 is 0 Å². The number of hydrogen-bond acceptors (Lipinski definition) is 2. The Hall–Kier alpha value is -0.860. The van der Waals surface area contributed by atoms with Gasteiger partial charge in [0.1, 0.15) is 0 Å². The van der Waals surface area contributed by atoms with Crippen molar-refractivity contribution in [3.05, 3.63) is 35.4 Å². The van der Waals surface area contributed by atoms with E-state index in [1.165, 1.54) is 11.1 Å². The van der Waals surface area contributed by atoms with E-state index in [0.717, 1.165) is 25.8 Å². The van der Waals surface area contributed by atoms with Crippen LogP contribution in [0.3, 0.4) is 0 Å². The zero-order valence-electron chi connectivity index (χ0n) is 13.1. The summed E-state index contributed by atoms with van der Waals surface area (Å²) in [5, 5.41) is 3.63. The maximum Gasteiger partial charge on any atom is 0.0828 e. The van der Waals surface area contributed by atoms with Crippen LogP contribution in [0.15, 0.2) is 24.3 Å². The van der Waals surface area contributed by atoms with Crippen molar-refractivity contribution in [3.63, 3.8) is 0 Å². The lowest BCUT2D eigenvalue weighted by molar-refractivity contribution is -0.0468. The van der Waals surface area contributed by atoms with Gasteiger partial charge in [0.15, 0.2) is 0 Å². The molecule has 1 unspecified atom stereocenters. The Morgan fingerprint density at radius 2 is 1.79 bits per heavy atom. The van der Waals surface area contributed by atoms with Gasteiger partial charge in [-0.15, -0.1) is 0 Å². The molecule has 2 nitrogen and oxygen atoms in total. The smallest absolute Gasteiger partial charge is 0.0828 e. The summed E-state index contributed by atoms with van der Waals surface area (Å²) in [6.07, 6.45) is 3.09. The molecule has 0 spiro atoms. The molecular formula is C17H29NO.